The highest BCUT2D eigenvalue weighted by molar-refractivity contribution is 6.33. The van der Waals surface area contributed by atoms with E-state index in [1.807, 2.05) is 25.1 Å². The maximum absolute atomic E-state index is 13.4. The van der Waals surface area contributed by atoms with Gasteiger partial charge in [0, 0.05) is 5.56 Å². The molecule has 0 heterocycles. The molecule has 0 saturated heterocycles. The molecule has 0 aromatic heterocycles. The van der Waals surface area contributed by atoms with Crippen LogP contribution in [0.15, 0.2) is 36.4 Å². The Balaban J connectivity index is 2.52. The zero-order valence-corrected chi connectivity index (χ0v) is 10.6. The van der Waals surface area contributed by atoms with Gasteiger partial charge in [-0.15, -0.1) is 0 Å². The number of rotatable bonds is 2. The van der Waals surface area contributed by atoms with Crippen LogP contribution in [0.4, 0.5) is 4.39 Å². The summed E-state index contributed by atoms with van der Waals surface area (Å²) in [5, 5.41) is 8.79. The SMILES string of the molecule is Cc1cc(CC#N)ccc1-c1cccc(F)c1Cl. The molecule has 18 heavy (non-hydrogen) atoms. The third-order valence-corrected chi connectivity index (χ3v) is 3.20. The monoisotopic (exact) mass is 259 g/mol. The van der Waals surface area contributed by atoms with E-state index in [4.69, 9.17) is 16.9 Å². The first-order valence-electron chi connectivity index (χ1n) is 5.54. The molecule has 0 aliphatic rings. The van der Waals surface area contributed by atoms with Gasteiger partial charge in [-0.05, 0) is 29.7 Å². The van der Waals surface area contributed by atoms with Crippen molar-refractivity contribution in [2.45, 2.75) is 13.3 Å². The van der Waals surface area contributed by atoms with Crippen LogP contribution < -0.4 is 0 Å². The van der Waals surface area contributed by atoms with Gasteiger partial charge in [-0.3, -0.25) is 0 Å². The molecule has 2 rings (SSSR count). The molecule has 2 aromatic rings. The van der Waals surface area contributed by atoms with Crippen molar-refractivity contribution in [3.05, 3.63) is 58.4 Å². The predicted octanol–water partition coefficient (Wildman–Crippen LogP) is 4.52. The lowest BCUT2D eigenvalue weighted by molar-refractivity contribution is 0.629. The second-order valence-electron chi connectivity index (χ2n) is 4.09. The van der Waals surface area contributed by atoms with Crippen LogP contribution in [0.5, 0.6) is 0 Å². The van der Waals surface area contributed by atoms with Crippen molar-refractivity contribution in [1.29, 1.82) is 5.26 Å². The first-order chi connectivity index (χ1) is 8.63. The van der Waals surface area contributed by atoms with Gasteiger partial charge in [0.2, 0.25) is 0 Å². The van der Waals surface area contributed by atoms with E-state index in [1.54, 1.807) is 12.1 Å². The van der Waals surface area contributed by atoms with E-state index in [1.165, 1.54) is 6.07 Å². The molecule has 0 atom stereocenters. The Hall–Kier alpha value is -1.85. The minimum absolute atomic E-state index is 0.133. The molecule has 0 amide bonds. The summed E-state index contributed by atoms with van der Waals surface area (Å²) in [6.45, 7) is 1.93. The summed E-state index contributed by atoms with van der Waals surface area (Å²) in [4.78, 5) is 0. The fourth-order valence-electron chi connectivity index (χ4n) is 1.94. The lowest BCUT2D eigenvalue weighted by Gasteiger charge is -2.09. The molecule has 0 aliphatic carbocycles. The number of nitrogens with zero attached hydrogens (tertiary/aromatic N) is 1. The minimum atomic E-state index is -0.422. The molecule has 0 N–H and O–H groups in total. The van der Waals surface area contributed by atoms with Crippen molar-refractivity contribution in [3.8, 4) is 17.2 Å². The Morgan fingerprint density at radius 1 is 1.22 bits per heavy atom. The van der Waals surface area contributed by atoms with Gasteiger partial charge in [0.25, 0.3) is 0 Å². The van der Waals surface area contributed by atoms with Crippen LogP contribution in [-0.4, -0.2) is 0 Å². The van der Waals surface area contributed by atoms with Crippen molar-refractivity contribution < 1.29 is 4.39 Å². The van der Waals surface area contributed by atoms with Crippen LogP contribution >= 0.6 is 11.6 Å². The van der Waals surface area contributed by atoms with E-state index >= 15 is 0 Å². The Kier molecular flexibility index (Phi) is 3.64. The maximum atomic E-state index is 13.4. The van der Waals surface area contributed by atoms with E-state index < -0.39 is 5.82 Å². The number of halogens is 2. The number of nitriles is 1. The van der Waals surface area contributed by atoms with Gasteiger partial charge >= 0.3 is 0 Å². The average Bonchev–Trinajstić information content (AvgIpc) is 2.34. The van der Waals surface area contributed by atoms with Crippen molar-refractivity contribution in [2.75, 3.05) is 0 Å². The quantitative estimate of drug-likeness (QED) is 0.778. The van der Waals surface area contributed by atoms with Gasteiger partial charge in [-0.2, -0.15) is 5.26 Å². The third kappa shape index (κ3) is 2.37. The van der Waals surface area contributed by atoms with Crippen LogP contribution in [0.3, 0.4) is 0 Å². The van der Waals surface area contributed by atoms with Crippen molar-refractivity contribution in [2.24, 2.45) is 0 Å². The number of benzene rings is 2. The molecule has 1 nitrogen and oxygen atoms in total. The van der Waals surface area contributed by atoms with Crippen LogP contribution in [0.1, 0.15) is 11.1 Å². The number of hydrogen-bond donors (Lipinski definition) is 0. The molecule has 0 bridgehead atoms. The van der Waals surface area contributed by atoms with Gasteiger partial charge in [0.05, 0.1) is 17.5 Å². The average molecular weight is 260 g/mol. The summed E-state index contributed by atoms with van der Waals surface area (Å²) in [5.41, 5.74) is 3.50. The molecule has 2 aromatic carbocycles. The lowest BCUT2D eigenvalue weighted by Crippen LogP contribution is -1.90. The first kappa shape index (κ1) is 12.6. The van der Waals surface area contributed by atoms with E-state index in [0.29, 0.717) is 12.0 Å². The van der Waals surface area contributed by atoms with Crippen LogP contribution in [0, 0.1) is 24.1 Å². The molecule has 0 spiro atoms. The van der Waals surface area contributed by atoms with E-state index in [9.17, 15) is 4.39 Å². The minimum Gasteiger partial charge on any atom is -0.205 e. The van der Waals surface area contributed by atoms with Gasteiger partial charge in [0.1, 0.15) is 5.82 Å². The Labute approximate surface area is 110 Å². The van der Waals surface area contributed by atoms with Gasteiger partial charge < -0.3 is 0 Å². The largest absolute Gasteiger partial charge is 0.205 e. The van der Waals surface area contributed by atoms with Gasteiger partial charge in [-0.25, -0.2) is 4.39 Å². The summed E-state index contributed by atoms with van der Waals surface area (Å²) < 4.78 is 13.4. The Morgan fingerprint density at radius 3 is 2.67 bits per heavy atom. The third-order valence-electron chi connectivity index (χ3n) is 2.82. The molecule has 0 fully saturated rings. The smallest absolute Gasteiger partial charge is 0.142 e. The fourth-order valence-corrected chi connectivity index (χ4v) is 2.17. The summed E-state index contributed by atoms with van der Waals surface area (Å²) >= 11 is 5.97. The summed E-state index contributed by atoms with van der Waals surface area (Å²) in [6, 6.07) is 12.5. The Morgan fingerprint density at radius 2 is 2.00 bits per heavy atom. The van der Waals surface area contributed by atoms with Crippen LogP contribution in [0.25, 0.3) is 11.1 Å². The molecular weight excluding hydrogens is 249 g/mol. The highest BCUT2D eigenvalue weighted by atomic mass is 35.5. The topological polar surface area (TPSA) is 23.8 Å². The fraction of sp³-hybridized carbons (Fsp3) is 0.133. The molecule has 0 radical (unpaired) electrons. The molecule has 0 unspecified atom stereocenters. The second-order valence-corrected chi connectivity index (χ2v) is 4.46. The van der Waals surface area contributed by atoms with Crippen molar-refractivity contribution in [3.63, 3.8) is 0 Å². The first-order valence-corrected chi connectivity index (χ1v) is 5.92. The van der Waals surface area contributed by atoms with Crippen LogP contribution in [0.2, 0.25) is 5.02 Å². The summed E-state index contributed by atoms with van der Waals surface area (Å²) in [7, 11) is 0. The summed E-state index contributed by atoms with van der Waals surface area (Å²) in [6.07, 6.45) is 0.373. The lowest BCUT2D eigenvalue weighted by atomic mass is 9.97. The summed E-state index contributed by atoms with van der Waals surface area (Å²) in [5.74, 6) is -0.422. The van der Waals surface area contributed by atoms with E-state index in [0.717, 1.165) is 16.7 Å². The standard InChI is InChI=1S/C15H11ClFN/c1-10-9-11(7-8-18)5-6-12(10)13-3-2-4-14(17)15(13)16/h2-6,9H,7H2,1H3. The van der Waals surface area contributed by atoms with Crippen molar-refractivity contribution >= 4 is 11.6 Å². The normalized spacial score (nSPS) is 10.1. The zero-order chi connectivity index (χ0) is 13.1. The highest BCUT2D eigenvalue weighted by Gasteiger charge is 2.10. The number of aryl methyl sites for hydroxylation is 1. The maximum Gasteiger partial charge on any atom is 0.142 e. The highest BCUT2D eigenvalue weighted by Crippen LogP contribution is 2.32. The molecule has 90 valence electrons. The zero-order valence-electron chi connectivity index (χ0n) is 9.87. The molecular formula is C15H11ClFN. The molecule has 0 aliphatic heterocycles. The second kappa shape index (κ2) is 5.20. The van der Waals surface area contributed by atoms with Gasteiger partial charge in [-0.1, -0.05) is 41.9 Å². The predicted molar refractivity (Wildman–Crippen MR) is 70.9 cm³/mol. The van der Waals surface area contributed by atoms with Gasteiger partial charge in [0.15, 0.2) is 0 Å². The molecule has 3 heteroatoms. The van der Waals surface area contributed by atoms with Crippen molar-refractivity contribution in [1.82, 2.24) is 0 Å². The van der Waals surface area contributed by atoms with Crippen LogP contribution in [-0.2, 0) is 6.42 Å². The van der Waals surface area contributed by atoms with E-state index in [-0.39, 0.29) is 5.02 Å². The molecule has 0 saturated carbocycles. The number of hydrogen-bond acceptors (Lipinski definition) is 1. The Bertz CT molecular complexity index is 629. The van der Waals surface area contributed by atoms with E-state index in [2.05, 4.69) is 6.07 Å².